The highest BCUT2D eigenvalue weighted by Crippen LogP contribution is 2.11. The number of rotatable bonds is 7. The van der Waals surface area contributed by atoms with Crippen LogP contribution in [0.5, 0.6) is 0 Å². The molecule has 0 spiro atoms. The lowest BCUT2D eigenvalue weighted by Gasteiger charge is -2.06. The Labute approximate surface area is 104 Å². The molecule has 94 valence electrons. The predicted molar refractivity (Wildman–Crippen MR) is 70.2 cm³/mol. The first-order valence-electron chi connectivity index (χ1n) is 6.20. The third kappa shape index (κ3) is 5.64. The van der Waals surface area contributed by atoms with E-state index in [2.05, 4.69) is 38.1 Å². The van der Waals surface area contributed by atoms with Gasteiger partial charge in [0.25, 0.3) is 0 Å². The van der Waals surface area contributed by atoms with E-state index in [0.29, 0.717) is 12.3 Å². The van der Waals surface area contributed by atoms with E-state index in [1.807, 2.05) is 0 Å². The minimum absolute atomic E-state index is 0.166. The van der Waals surface area contributed by atoms with Crippen molar-refractivity contribution in [1.82, 2.24) is 0 Å². The van der Waals surface area contributed by atoms with Gasteiger partial charge in [0, 0.05) is 13.5 Å². The molecule has 0 aromatic heterocycles. The number of methoxy groups -OCH3 is 1. The van der Waals surface area contributed by atoms with Gasteiger partial charge in [0.1, 0.15) is 6.61 Å². The largest absolute Gasteiger partial charge is 0.377 e. The lowest BCUT2D eigenvalue weighted by atomic mass is 10.00. The topological polar surface area (TPSA) is 26.3 Å². The second-order valence-electron chi connectivity index (χ2n) is 4.89. The molecule has 17 heavy (non-hydrogen) atoms. The minimum atomic E-state index is 0.166. The number of carbonyl (C=O) groups excluding carboxylic acids is 1. The fourth-order valence-corrected chi connectivity index (χ4v) is 1.83. The van der Waals surface area contributed by atoms with Gasteiger partial charge < -0.3 is 4.74 Å². The first-order valence-corrected chi connectivity index (χ1v) is 6.20. The summed E-state index contributed by atoms with van der Waals surface area (Å²) in [4.78, 5) is 11.3. The Morgan fingerprint density at radius 3 is 2.29 bits per heavy atom. The van der Waals surface area contributed by atoms with Gasteiger partial charge in [-0.3, -0.25) is 4.79 Å². The van der Waals surface area contributed by atoms with Crippen LogP contribution in [-0.2, 0) is 22.4 Å². The molecule has 0 bridgehead atoms. The highest BCUT2D eigenvalue weighted by Gasteiger charge is 2.02. The normalized spacial score (nSPS) is 10.8. The molecule has 0 heterocycles. The van der Waals surface area contributed by atoms with Crippen molar-refractivity contribution in [2.24, 2.45) is 5.92 Å². The number of hydrogen-bond acceptors (Lipinski definition) is 2. The number of hydrogen-bond donors (Lipinski definition) is 0. The number of ketones is 1. The van der Waals surface area contributed by atoms with Crippen LogP contribution in [0.4, 0.5) is 0 Å². The molecule has 0 saturated heterocycles. The fourth-order valence-electron chi connectivity index (χ4n) is 1.83. The summed E-state index contributed by atoms with van der Waals surface area (Å²) in [6, 6.07) is 8.57. The predicted octanol–water partition coefficient (Wildman–Crippen LogP) is 3.03. The number of ether oxygens (including phenoxy) is 1. The number of benzene rings is 1. The highest BCUT2D eigenvalue weighted by molar-refractivity contribution is 5.79. The number of carbonyl (C=O) groups is 1. The third-order valence-electron chi connectivity index (χ3n) is 2.66. The zero-order valence-corrected chi connectivity index (χ0v) is 11.0. The van der Waals surface area contributed by atoms with Crippen molar-refractivity contribution in [2.75, 3.05) is 13.7 Å². The van der Waals surface area contributed by atoms with Gasteiger partial charge in [0.2, 0.25) is 0 Å². The van der Waals surface area contributed by atoms with Crippen molar-refractivity contribution in [2.45, 2.75) is 33.1 Å². The van der Waals surface area contributed by atoms with Crippen molar-refractivity contribution < 1.29 is 9.53 Å². The van der Waals surface area contributed by atoms with Gasteiger partial charge in [-0.25, -0.2) is 0 Å². The van der Waals surface area contributed by atoms with Crippen LogP contribution >= 0.6 is 0 Å². The maximum absolute atomic E-state index is 11.3. The van der Waals surface area contributed by atoms with Gasteiger partial charge in [-0.2, -0.15) is 0 Å². The summed E-state index contributed by atoms with van der Waals surface area (Å²) in [5.74, 6) is 0.850. The van der Waals surface area contributed by atoms with Gasteiger partial charge in [-0.05, 0) is 29.9 Å². The van der Waals surface area contributed by atoms with Crippen molar-refractivity contribution in [1.29, 1.82) is 0 Å². The molecule has 0 N–H and O–H groups in total. The molecular formula is C15H22O2. The van der Waals surface area contributed by atoms with Crippen LogP contribution in [0.1, 0.15) is 31.4 Å². The molecule has 0 saturated carbocycles. The van der Waals surface area contributed by atoms with E-state index in [4.69, 9.17) is 4.74 Å². The van der Waals surface area contributed by atoms with Crippen LogP contribution in [-0.4, -0.2) is 19.5 Å². The summed E-state index contributed by atoms with van der Waals surface area (Å²) >= 11 is 0. The second-order valence-corrected chi connectivity index (χ2v) is 4.89. The van der Waals surface area contributed by atoms with Crippen LogP contribution in [0.2, 0.25) is 0 Å². The quantitative estimate of drug-likeness (QED) is 0.725. The van der Waals surface area contributed by atoms with Gasteiger partial charge in [-0.15, -0.1) is 0 Å². The SMILES string of the molecule is COCC(=O)CCc1ccc(CC(C)C)cc1. The molecule has 0 aliphatic heterocycles. The van der Waals surface area contributed by atoms with E-state index in [1.165, 1.54) is 11.1 Å². The molecule has 0 amide bonds. The van der Waals surface area contributed by atoms with E-state index < -0.39 is 0 Å². The maximum atomic E-state index is 11.3. The smallest absolute Gasteiger partial charge is 0.158 e. The van der Waals surface area contributed by atoms with Crippen LogP contribution in [0, 0.1) is 5.92 Å². The standard InChI is InChI=1S/C15H22O2/c1-12(2)10-14-6-4-13(5-7-14)8-9-15(16)11-17-3/h4-7,12H,8-11H2,1-3H3. The Hall–Kier alpha value is -1.15. The van der Waals surface area contributed by atoms with Gasteiger partial charge in [0.15, 0.2) is 5.78 Å². The summed E-state index contributed by atoms with van der Waals surface area (Å²) < 4.78 is 4.81. The molecule has 1 rings (SSSR count). The average Bonchev–Trinajstić information content (AvgIpc) is 2.28. The van der Waals surface area contributed by atoms with Gasteiger partial charge in [-0.1, -0.05) is 38.1 Å². The van der Waals surface area contributed by atoms with E-state index in [-0.39, 0.29) is 12.4 Å². The lowest BCUT2D eigenvalue weighted by Crippen LogP contribution is -2.07. The van der Waals surface area contributed by atoms with Gasteiger partial charge in [0.05, 0.1) is 0 Å². The summed E-state index contributed by atoms with van der Waals surface area (Å²) in [5.41, 5.74) is 2.59. The summed E-state index contributed by atoms with van der Waals surface area (Å²) in [5, 5.41) is 0. The second kappa shape index (κ2) is 7.23. The van der Waals surface area contributed by atoms with E-state index in [9.17, 15) is 4.79 Å². The van der Waals surface area contributed by atoms with E-state index >= 15 is 0 Å². The molecule has 2 nitrogen and oxygen atoms in total. The molecule has 1 aromatic rings. The third-order valence-corrected chi connectivity index (χ3v) is 2.66. The molecule has 0 atom stereocenters. The van der Waals surface area contributed by atoms with Crippen molar-refractivity contribution in [3.63, 3.8) is 0 Å². The van der Waals surface area contributed by atoms with E-state index in [0.717, 1.165) is 12.8 Å². The molecule has 0 fully saturated rings. The fraction of sp³-hybridized carbons (Fsp3) is 0.533. The van der Waals surface area contributed by atoms with E-state index in [1.54, 1.807) is 7.11 Å². The highest BCUT2D eigenvalue weighted by atomic mass is 16.5. The Kier molecular flexibility index (Phi) is 5.92. The first kappa shape index (κ1) is 13.9. The van der Waals surface area contributed by atoms with Crippen LogP contribution in [0.3, 0.4) is 0 Å². The van der Waals surface area contributed by atoms with Crippen molar-refractivity contribution in [3.8, 4) is 0 Å². The molecule has 1 aromatic carbocycles. The number of aryl methyl sites for hydroxylation is 1. The Bertz CT molecular complexity index is 338. The lowest BCUT2D eigenvalue weighted by molar-refractivity contribution is -0.122. The van der Waals surface area contributed by atoms with Crippen LogP contribution in [0.25, 0.3) is 0 Å². The summed E-state index contributed by atoms with van der Waals surface area (Å²) in [6.45, 7) is 4.67. The molecule has 0 unspecified atom stereocenters. The Morgan fingerprint density at radius 2 is 1.76 bits per heavy atom. The summed E-state index contributed by atoms with van der Waals surface area (Å²) in [6.07, 6.45) is 2.49. The zero-order chi connectivity index (χ0) is 12.7. The monoisotopic (exact) mass is 234 g/mol. The first-order chi connectivity index (χ1) is 8.11. The minimum Gasteiger partial charge on any atom is -0.377 e. The molecular weight excluding hydrogens is 212 g/mol. The molecule has 0 aliphatic rings. The van der Waals surface area contributed by atoms with Crippen LogP contribution < -0.4 is 0 Å². The van der Waals surface area contributed by atoms with Crippen molar-refractivity contribution in [3.05, 3.63) is 35.4 Å². The molecule has 0 aliphatic carbocycles. The van der Waals surface area contributed by atoms with Crippen LogP contribution in [0.15, 0.2) is 24.3 Å². The zero-order valence-electron chi connectivity index (χ0n) is 11.0. The number of Topliss-reactive ketones (excluding diaryl/α,β-unsaturated/α-hetero) is 1. The Morgan fingerprint density at radius 1 is 1.18 bits per heavy atom. The molecule has 0 radical (unpaired) electrons. The summed E-state index contributed by atoms with van der Waals surface area (Å²) in [7, 11) is 1.55. The van der Waals surface area contributed by atoms with Gasteiger partial charge >= 0.3 is 0 Å². The average molecular weight is 234 g/mol. The Balaban J connectivity index is 2.42. The maximum Gasteiger partial charge on any atom is 0.158 e. The molecule has 2 heteroatoms. The van der Waals surface area contributed by atoms with Crippen molar-refractivity contribution >= 4 is 5.78 Å².